The zero-order chi connectivity index (χ0) is 29.3. The maximum absolute atomic E-state index is 13.4. The molecule has 0 spiro atoms. The maximum Gasteiger partial charge on any atom is 0.332 e. The molecule has 2 N–H and O–H groups in total. The van der Waals surface area contributed by atoms with Gasteiger partial charge in [-0.3, -0.25) is 9.59 Å². The molecule has 2 aliphatic rings. The van der Waals surface area contributed by atoms with Crippen molar-refractivity contribution in [2.45, 2.75) is 44.8 Å². The molecule has 10 nitrogen and oxygen atoms in total. The van der Waals surface area contributed by atoms with Crippen molar-refractivity contribution in [2.75, 3.05) is 13.7 Å². The first-order chi connectivity index (χ1) is 19.7. The normalized spacial score (nSPS) is 24.9. The summed E-state index contributed by atoms with van der Waals surface area (Å²) < 4.78 is 17.1. The molecule has 5 rings (SSSR count). The van der Waals surface area contributed by atoms with Crippen molar-refractivity contribution in [1.82, 2.24) is 15.3 Å². The van der Waals surface area contributed by atoms with E-state index >= 15 is 0 Å². The van der Waals surface area contributed by atoms with Crippen molar-refractivity contribution in [3.05, 3.63) is 60.7 Å². The number of carbonyl (C=O) groups excluding carboxylic acids is 2. The van der Waals surface area contributed by atoms with Crippen LogP contribution in [0.25, 0.3) is 22.3 Å². The smallest absolute Gasteiger partial charge is 0.332 e. The molecule has 214 valence electrons. The molecule has 1 aromatic heterocycles. The number of hydrogen-bond donors (Lipinski definition) is 2. The van der Waals surface area contributed by atoms with Gasteiger partial charge in [-0.25, -0.2) is 9.78 Å². The molecule has 0 radical (unpaired) electrons. The number of carboxylic acids is 1. The number of aliphatic carboxylic acids is 1. The number of benzene rings is 2. The molecule has 3 aromatic rings. The largest absolute Gasteiger partial charge is 0.496 e. The van der Waals surface area contributed by atoms with Crippen LogP contribution in [0.2, 0.25) is 0 Å². The summed E-state index contributed by atoms with van der Waals surface area (Å²) in [6.07, 6.45) is 1.61. The van der Waals surface area contributed by atoms with E-state index in [9.17, 15) is 19.5 Å². The SMILES string of the molecule is C=CC1CC1(NC(=O)C1CC(Oc2nc(-c3ccccc3)nc3c(C)c(OC)ccc23)CC1C(=O)O)C(=O)OCC. The molecule has 2 aliphatic carbocycles. The van der Waals surface area contributed by atoms with Crippen LogP contribution in [-0.2, 0) is 19.1 Å². The minimum absolute atomic E-state index is 0.103. The lowest BCUT2D eigenvalue weighted by Crippen LogP contribution is -2.49. The van der Waals surface area contributed by atoms with Crippen LogP contribution in [0.5, 0.6) is 11.6 Å². The Labute approximate surface area is 237 Å². The van der Waals surface area contributed by atoms with Gasteiger partial charge in [0.05, 0.1) is 36.5 Å². The summed E-state index contributed by atoms with van der Waals surface area (Å²) in [4.78, 5) is 47.8. The Morgan fingerprint density at radius 2 is 1.85 bits per heavy atom. The molecule has 5 atom stereocenters. The van der Waals surface area contributed by atoms with Crippen LogP contribution in [0.1, 0.15) is 31.7 Å². The second-order valence-corrected chi connectivity index (χ2v) is 10.5. The summed E-state index contributed by atoms with van der Waals surface area (Å²) in [5.74, 6) is -2.91. The molecule has 1 amide bonds. The van der Waals surface area contributed by atoms with Gasteiger partial charge in [-0.05, 0) is 45.2 Å². The van der Waals surface area contributed by atoms with E-state index in [0.717, 1.165) is 11.1 Å². The minimum Gasteiger partial charge on any atom is -0.496 e. The lowest BCUT2D eigenvalue weighted by atomic mass is 9.94. The Balaban J connectivity index is 1.45. The van der Waals surface area contributed by atoms with Gasteiger partial charge in [0, 0.05) is 17.0 Å². The monoisotopic (exact) mass is 559 g/mol. The van der Waals surface area contributed by atoms with Gasteiger partial charge in [0.15, 0.2) is 5.82 Å². The number of amides is 1. The molecule has 0 bridgehead atoms. The molecule has 0 aliphatic heterocycles. The molecule has 2 fully saturated rings. The lowest BCUT2D eigenvalue weighted by molar-refractivity contribution is -0.150. The zero-order valence-corrected chi connectivity index (χ0v) is 23.3. The molecular formula is C31H33N3O7. The Morgan fingerprint density at radius 3 is 2.49 bits per heavy atom. The first kappa shape index (κ1) is 28.1. The first-order valence-corrected chi connectivity index (χ1v) is 13.6. The second-order valence-electron chi connectivity index (χ2n) is 10.5. The predicted octanol–water partition coefficient (Wildman–Crippen LogP) is 4.10. The quantitative estimate of drug-likeness (QED) is 0.278. The van der Waals surface area contributed by atoms with Gasteiger partial charge < -0.3 is 24.6 Å². The number of fused-ring (bicyclic) bond motifs is 1. The van der Waals surface area contributed by atoms with E-state index in [0.29, 0.717) is 34.8 Å². The van der Waals surface area contributed by atoms with Crippen LogP contribution in [0.15, 0.2) is 55.1 Å². The number of aromatic nitrogens is 2. The number of rotatable bonds is 10. The van der Waals surface area contributed by atoms with Gasteiger partial charge in [0.2, 0.25) is 11.8 Å². The number of aryl methyl sites for hydroxylation is 1. The lowest BCUT2D eigenvalue weighted by Gasteiger charge is -2.21. The van der Waals surface area contributed by atoms with Gasteiger partial charge in [0.1, 0.15) is 17.4 Å². The van der Waals surface area contributed by atoms with Gasteiger partial charge >= 0.3 is 11.9 Å². The Hall–Kier alpha value is -4.47. The molecule has 0 saturated heterocycles. The fourth-order valence-corrected chi connectivity index (χ4v) is 5.70. The zero-order valence-electron chi connectivity index (χ0n) is 23.3. The number of carbonyl (C=O) groups is 3. The van der Waals surface area contributed by atoms with E-state index in [-0.39, 0.29) is 25.4 Å². The molecule has 10 heteroatoms. The molecule has 1 heterocycles. The summed E-state index contributed by atoms with van der Waals surface area (Å²) in [7, 11) is 1.59. The van der Waals surface area contributed by atoms with Crippen molar-refractivity contribution in [1.29, 1.82) is 0 Å². The molecule has 41 heavy (non-hydrogen) atoms. The van der Waals surface area contributed by atoms with E-state index in [1.165, 1.54) is 0 Å². The van der Waals surface area contributed by atoms with Crippen LogP contribution in [0, 0.1) is 24.7 Å². The van der Waals surface area contributed by atoms with E-state index in [1.54, 1.807) is 20.1 Å². The maximum atomic E-state index is 13.4. The van der Waals surface area contributed by atoms with E-state index < -0.39 is 41.3 Å². The van der Waals surface area contributed by atoms with Crippen molar-refractivity contribution < 1.29 is 33.7 Å². The molecular weight excluding hydrogens is 526 g/mol. The van der Waals surface area contributed by atoms with Gasteiger partial charge in [0.25, 0.3) is 0 Å². The van der Waals surface area contributed by atoms with Crippen molar-refractivity contribution in [2.24, 2.45) is 17.8 Å². The van der Waals surface area contributed by atoms with Crippen LogP contribution in [0.4, 0.5) is 0 Å². The number of hydrogen-bond acceptors (Lipinski definition) is 8. The Morgan fingerprint density at radius 1 is 1.12 bits per heavy atom. The van der Waals surface area contributed by atoms with Crippen LogP contribution in [0.3, 0.4) is 0 Å². The average molecular weight is 560 g/mol. The van der Waals surface area contributed by atoms with Crippen LogP contribution >= 0.6 is 0 Å². The topological polar surface area (TPSA) is 137 Å². The number of esters is 1. The molecule has 2 saturated carbocycles. The summed E-state index contributed by atoms with van der Waals surface area (Å²) in [6, 6.07) is 13.1. The number of nitrogens with zero attached hydrogens (tertiary/aromatic N) is 2. The summed E-state index contributed by atoms with van der Waals surface area (Å²) >= 11 is 0. The highest BCUT2D eigenvalue weighted by molar-refractivity contribution is 5.94. The highest BCUT2D eigenvalue weighted by atomic mass is 16.5. The third-order valence-electron chi connectivity index (χ3n) is 8.03. The van der Waals surface area contributed by atoms with E-state index in [2.05, 4.69) is 11.9 Å². The van der Waals surface area contributed by atoms with Crippen molar-refractivity contribution in [3.63, 3.8) is 0 Å². The summed E-state index contributed by atoms with van der Waals surface area (Å²) in [5, 5.41) is 13.4. The number of nitrogens with one attached hydrogen (secondary N) is 1. The van der Waals surface area contributed by atoms with Gasteiger partial charge in [-0.15, -0.1) is 6.58 Å². The van der Waals surface area contributed by atoms with Crippen molar-refractivity contribution >= 4 is 28.7 Å². The fraction of sp³-hybridized carbons (Fsp3) is 0.387. The Bertz CT molecular complexity index is 1510. The van der Waals surface area contributed by atoms with Crippen LogP contribution in [-0.4, -0.2) is 58.3 Å². The third-order valence-corrected chi connectivity index (χ3v) is 8.03. The predicted molar refractivity (Wildman–Crippen MR) is 150 cm³/mol. The standard InChI is InChI=1S/C31H33N3O7/c1-5-19-16-31(19,30(38)40-6-2)34-27(35)22-14-20(15-23(22)29(36)37)41-28-21-12-13-24(39-4)17(3)25(21)32-26(33-28)18-10-8-7-9-11-18/h5,7-13,19-20,22-23H,1,6,14-16H2,2-4H3,(H,34,35)(H,36,37). The van der Waals surface area contributed by atoms with Gasteiger partial charge in [-0.2, -0.15) is 4.98 Å². The fourth-order valence-electron chi connectivity index (χ4n) is 5.70. The van der Waals surface area contributed by atoms with E-state index in [4.69, 9.17) is 24.2 Å². The number of carboxylic acid groups (broad SMARTS) is 1. The molecule has 5 unspecified atom stereocenters. The summed E-state index contributed by atoms with van der Waals surface area (Å²) in [6.45, 7) is 7.50. The summed E-state index contributed by atoms with van der Waals surface area (Å²) in [5.41, 5.74) is 1.04. The Kier molecular flexibility index (Phi) is 7.66. The first-order valence-electron chi connectivity index (χ1n) is 13.6. The number of methoxy groups -OCH3 is 1. The van der Waals surface area contributed by atoms with Crippen molar-refractivity contribution in [3.8, 4) is 23.0 Å². The highest BCUT2D eigenvalue weighted by Gasteiger charge is 2.62. The van der Waals surface area contributed by atoms with Crippen LogP contribution < -0.4 is 14.8 Å². The average Bonchev–Trinajstić information content (AvgIpc) is 3.52. The highest BCUT2D eigenvalue weighted by Crippen LogP contribution is 2.46. The minimum atomic E-state index is -1.21. The molecule has 2 aromatic carbocycles. The van der Waals surface area contributed by atoms with E-state index in [1.807, 2.05) is 49.4 Å². The second kappa shape index (κ2) is 11.2. The number of ether oxygens (including phenoxy) is 3. The van der Waals surface area contributed by atoms with Gasteiger partial charge in [-0.1, -0.05) is 36.4 Å². The third kappa shape index (κ3) is 5.21.